The van der Waals surface area contributed by atoms with Crippen LogP contribution in [0.25, 0.3) is 5.57 Å². The first-order valence-electron chi connectivity index (χ1n) is 11.1. The number of esters is 1. The lowest BCUT2D eigenvalue weighted by molar-refractivity contribution is -0.148. The first-order valence-corrected chi connectivity index (χ1v) is 11.1. The number of hydrogen-bond acceptors (Lipinski definition) is 5. The third-order valence-electron chi connectivity index (χ3n) is 6.71. The number of ether oxygens (including phenoxy) is 2. The summed E-state index contributed by atoms with van der Waals surface area (Å²) >= 11 is 0. The molecule has 0 unspecified atom stereocenters. The van der Waals surface area contributed by atoms with Gasteiger partial charge in [0.25, 0.3) is 5.78 Å². The molecule has 32 heavy (non-hydrogen) atoms. The van der Waals surface area contributed by atoms with Crippen molar-refractivity contribution in [2.75, 3.05) is 14.2 Å². The number of Topliss-reactive ketones (excluding diaryl/α,β-unsaturated/α-hetero) is 2. The Morgan fingerprint density at radius 1 is 0.969 bits per heavy atom. The molecule has 0 spiro atoms. The highest BCUT2D eigenvalue weighted by molar-refractivity contribution is 6.52. The van der Waals surface area contributed by atoms with Gasteiger partial charge in [0.05, 0.1) is 19.8 Å². The van der Waals surface area contributed by atoms with Crippen LogP contribution in [0.15, 0.2) is 48.5 Å². The summed E-state index contributed by atoms with van der Waals surface area (Å²) in [6, 6.07) is 14.0. The molecular formula is C27H28O5. The van der Waals surface area contributed by atoms with Crippen LogP contribution < -0.4 is 4.74 Å². The van der Waals surface area contributed by atoms with Crippen molar-refractivity contribution >= 4 is 23.1 Å². The van der Waals surface area contributed by atoms with Crippen LogP contribution in [0.1, 0.15) is 52.7 Å². The molecule has 1 fully saturated rings. The minimum atomic E-state index is -0.899. The molecule has 0 aliphatic heterocycles. The standard InChI is InChI=1S/C27H28O5/c1-31-24-15-20-12-13-21(26(29)27(30)32-2)22(20)16-23(24)25(28)19-10-8-18(9-11-19)14-17-6-4-3-5-7-17/h3-7,13,15-16,18-19H,8-12,14H2,1-2H3. The SMILES string of the molecule is COC(=O)C(=O)C1=CCc2cc(OC)c(C(=O)C3CCC(Cc4ccccc4)CC3)cc21. The van der Waals surface area contributed by atoms with Gasteiger partial charge in [0.2, 0.25) is 0 Å². The molecule has 0 N–H and O–H groups in total. The number of ketones is 2. The summed E-state index contributed by atoms with van der Waals surface area (Å²) in [5.74, 6) is -0.463. The van der Waals surface area contributed by atoms with Gasteiger partial charge >= 0.3 is 5.97 Å². The molecular weight excluding hydrogens is 404 g/mol. The Balaban J connectivity index is 1.50. The van der Waals surface area contributed by atoms with Crippen molar-refractivity contribution in [2.45, 2.75) is 38.5 Å². The van der Waals surface area contributed by atoms with Gasteiger partial charge < -0.3 is 9.47 Å². The fourth-order valence-electron chi connectivity index (χ4n) is 4.94. The van der Waals surface area contributed by atoms with E-state index in [0.717, 1.165) is 37.7 Å². The molecule has 0 amide bonds. The van der Waals surface area contributed by atoms with Crippen molar-refractivity contribution in [3.8, 4) is 5.75 Å². The Labute approximate surface area is 188 Å². The highest BCUT2D eigenvalue weighted by atomic mass is 16.5. The van der Waals surface area contributed by atoms with E-state index in [0.29, 0.717) is 34.8 Å². The van der Waals surface area contributed by atoms with Crippen LogP contribution >= 0.6 is 0 Å². The van der Waals surface area contributed by atoms with E-state index < -0.39 is 11.8 Å². The van der Waals surface area contributed by atoms with Crippen molar-refractivity contribution in [2.24, 2.45) is 11.8 Å². The van der Waals surface area contributed by atoms with Crippen LogP contribution in [0.2, 0.25) is 0 Å². The quantitative estimate of drug-likeness (QED) is 0.363. The van der Waals surface area contributed by atoms with Crippen LogP contribution in [0, 0.1) is 11.8 Å². The molecule has 166 valence electrons. The van der Waals surface area contributed by atoms with Crippen molar-refractivity contribution in [1.29, 1.82) is 0 Å². The first-order chi connectivity index (χ1) is 15.5. The Hall–Kier alpha value is -3.21. The maximum atomic E-state index is 13.4. The van der Waals surface area contributed by atoms with Gasteiger partial charge in [0.1, 0.15) is 5.75 Å². The fraction of sp³-hybridized carbons (Fsp3) is 0.370. The van der Waals surface area contributed by atoms with Gasteiger partial charge in [-0.2, -0.15) is 0 Å². The zero-order chi connectivity index (χ0) is 22.7. The highest BCUT2D eigenvalue weighted by Crippen LogP contribution is 2.38. The van der Waals surface area contributed by atoms with E-state index in [1.54, 1.807) is 19.3 Å². The average molecular weight is 433 g/mol. The molecule has 0 aromatic heterocycles. The maximum Gasteiger partial charge on any atom is 0.379 e. The highest BCUT2D eigenvalue weighted by Gasteiger charge is 2.32. The molecule has 0 saturated heterocycles. The lowest BCUT2D eigenvalue weighted by Crippen LogP contribution is -2.23. The second-order valence-corrected chi connectivity index (χ2v) is 8.62. The van der Waals surface area contributed by atoms with Crippen molar-refractivity contribution in [1.82, 2.24) is 0 Å². The van der Waals surface area contributed by atoms with Crippen LogP contribution in [0.5, 0.6) is 5.75 Å². The predicted molar refractivity (Wildman–Crippen MR) is 122 cm³/mol. The largest absolute Gasteiger partial charge is 0.496 e. The topological polar surface area (TPSA) is 69.7 Å². The minimum absolute atomic E-state index is 0.0552. The van der Waals surface area contributed by atoms with E-state index in [1.807, 2.05) is 12.1 Å². The van der Waals surface area contributed by atoms with Crippen molar-refractivity contribution in [3.05, 3.63) is 70.8 Å². The molecule has 2 aromatic rings. The Morgan fingerprint density at radius 2 is 1.69 bits per heavy atom. The molecule has 2 aromatic carbocycles. The normalized spacial score (nSPS) is 19.6. The number of fused-ring (bicyclic) bond motifs is 1. The van der Waals surface area contributed by atoms with E-state index >= 15 is 0 Å². The number of rotatable bonds is 7. The van der Waals surface area contributed by atoms with Crippen molar-refractivity contribution in [3.63, 3.8) is 0 Å². The molecule has 0 bridgehead atoms. The molecule has 2 aliphatic rings. The lowest BCUT2D eigenvalue weighted by Gasteiger charge is -2.28. The molecule has 5 nitrogen and oxygen atoms in total. The summed E-state index contributed by atoms with van der Waals surface area (Å²) < 4.78 is 10.1. The van der Waals surface area contributed by atoms with Gasteiger partial charge in [-0.25, -0.2) is 4.79 Å². The van der Waals surface area contributed by atoms with E-state index in [9.17, 15) is 14.4 Å². The van der Waals surface area contributed by atoms with Gasteiger partial charge in [-0.1, -0.05) is 36.4 Å². The summed E-state index contributed by atoms with van der Waals surface area (Å²) in [7, 11) is 2.74. The number of carbonyl (C=O) groups is 3. The van der Waals surface area contributed by atoms with Crippen molar-refractivity contribution < 1.29 is 23.9 Å². The number of benzene rings is 2. The number of allylic oxidation sites excluding steroid dienone is 1. The molecule has 0 atom stereocenters. The molecule has 2 aliphatic carbocycles. The fourth-order valence-corrected chi connectivity index (χ4v) is 4.94. The molecule has 0 radical (unpaired) electrons. The lowest BCUT2D eigenvalue weighted by atomic mass is 9.76. The predicted octanol–water partition coefficient (Wildman–Crippen LogP) is 4.61. The zero-order valence-corrected chi connectivity index (χ0v) is 18.6. The maximum absolute atomic E-state index is 13.4. The number of hydrogen-bond donors (Lipinski definition) is 0. The van der Waals surface area contributed by atoms with Gasteiger partial charge in [0, 0.05) is 11.5 Å². The number of carbonyl (C=O) groups excluding carboxylic acids is 3. The van der Waals surface area contributed by atoms with Gasteiger partial charge in [-0.15, -0.1) is 0 Å². The average Bonchev–Trinajstić information content (AvgIpc) is 3.25. The number of methoxy groups -OCH3 is 2. The third-order valence-corrected chi connectivity index (χ3v) is 6.71. The molecule has 5 heteroatoms. The smallest absolute Gasteiger partial charge is 0.379 e. The summed E-state index contributed by atoms with van der Waals surface area (Å²) in [5.41, 5.74) is 3.63. The third kappa shape index (κ3) is 4.38. The van der Waals surface area contributed by atoms with Crippen LogP contribution in [0.3, 0.4) is 0 Å². The Bertz CT molecular complexity index is 1060. The molecule has 0 heterocycles. The van der Waals surface area contributed by atoms with E-state index in [2.05, 4.69) is 29.0 Å². The van der Waals surface area contributed by atoms with Gasteiger partial charge in [0.15, 0.2) is 5.78 Å². The van der Waals surface area contributed by atoms with Crippen LogP contribution in [0.4, 0.5) is 0 Å². The van der Waals surface area contributed by atoms with Gasteiger partial charge in [-0.05, 0) is 73.3 Å². The minimum Gasteiger partial charge on any atom is -0.496 e. The summed E-state index contributed by atoms with van der Waals surface area (Å²) in [6.45, 7) is 0. The van der Waals surface area contributed by atoms with Crippen LogP contribution in [-0.2, 0) is 27.2 Å². The first kappa shape index (κ1) is 22.0. The van der Waals surface area contributed by atoms with Crippen LogP contribution in [-0.4, -0.2) is 31.8 Å². The van der Waals surface area contributed by atoms with E-state index in [4.69, 9.17) is 4.74 Å². The van der Waals surface area contributed by atoms with E-state index in [-0.39, 0.29) is 11.7 Å². The second-order valence-electron chi connectivity index (χ2n) is 8.62. The monoisotopic (exact) mass is 432 g/mol. The van der Waals surface area contributed by atoms with Gasteiger partial charge in [-0.3, -0.25) is 9.59 Å². The molecule has 1 saturated carbocycles. The summed E-state index contributed by atoms with van der Waals surface area (Å²) in [6.07, 6.45) is 7.01. The zero-order valence-electron chi connectivity index (χ0n) is 18.6. The molecule has 4 rings (SSSR count). The summed E-state index contributed by atoms with van der Waals surface area (Å²) in [4.78, 5) is 37.6. The second kappa shape index (κ2) is 9.51. The van der Waals surface area contributed by atoms with E-state index in [1.165, 1.54) is 12.7 Å². The summed E-state index contributed by atoms with van der Waals surface area (Å²) in [5, 5.41) is 0. The Kier molecular flexibility index (Phi) is 6.54. The Morgan fingerprint density at radius 3 is 2.34 bits per heavy atom.